The van der Waals surface area contributed by atoms with E-state index < -0.39 is 0 Å². The minimum Gasteiger partial charge on any atom is -0.352 e. The highest BCUT2D eigenvalue weighted by Gasteiger charge is 2.18. The van der Waals surface area contributed by atoms with Crippen LogP contribution in [0.15, 0.2) is 29.8 Å². The third-order valence-electron chi connectivity index (χ3n) is 5.25. The molecule has 4 rings (SSSR count). The minimum absolute atomic E-state index is 0.0422. The third-order valence-corrected chi connectivity index (χ3v) is 6.11. The maximum Gasteiger partial charge on any atom is 0.252 e. The lowest BCUT2D eigenvalue weighted by Gasteiger charge is -2.20. The molecule has 3 aromatic heterocycles. The molecular weight excluding hydrogens is 370 g/mol. The monoisotopic (exact) mass is 397 g/mol. The second-order valence-electron chi connectivity index (χ2n) is 7.75. The molecule has 0 radical (unpaired) electrons. The van der Waals surface area contributed by atoms with Crippen molar-refractivity contribution in [1.29, 1.82) is 0 Å². The molecular formula is C21H27N5OS. The lowest BCUT2D eigenvalue weighted by molar-refractivity contribution is 0.0946. The summed E-state index contributed by atoms with van der Waals surface area (Å²) >= 11 is 1.70. The van der Waals surface area contributed by atoms with Gasteiger partial charge in [-0.25, -0.2) is 9.67 Å². The standard InChI is InChI=1S/C21H27N5OS/c1-15(13-25-7-3-4-8-25)11-22-21(27)18-10-16(2)24-20-19(18)12-23-26(20)14-17-6-5-9-28-17/h5-6,9-10,12,15H,3-4,7-8,11,13-14H2,1-2H3,(H,22,27). The van der Waals surface area contributed by atoms with Crippen LogP contribution in [-0.4, -0.2) is 51.8 Å². The maximum atomic E-state index is 12.9. The van der Waals surface area contributed by atoms with Crippen molar-refractivity contribution in [3.8, 4) is 0 Å². The average molecular weight is 398 g/mol. The molecule has 1 fully saturated rings. The zero-order chi connectivity index (χ0) is 19.5. The van der Waals surface area contributed by atoms with Gasteiger partial charge in [0.15, 0.2) is 5.65 Å². The van der Waals surface area contributed by atoms with Gasteiger partial charge in [-0.2, -0.15) is 5.10 Å². The minimum atomic E-state index is -0.0422. The van der Waals surface area contributed by atoms with Gasteiger partial charge in [0.05, 0.1) is 23.7 Å². The predicted octanol–water partition coefficient (Wildman–Crippen LogP) is 3.31. The van der Waals surface area contributed by atoms with E-state index in [1.807, 2.05) is 23.7 Å². The summed E-state index contributed by atoms with van der Waals surface area (Å²) in [6.07, 6.45) is 4.35. The second-order valence-corrected chi connectivity index (χ2v) is 8.79. The number of likely N-dealkylation sites (tertiary alicyclic amines) is 1. The van der Waals surface area contributed by atoms with Gasteiger partial charge < -0.3 is 10.2 Å². The predicted molar refractivity (Wildman–Crippen MR) is 113 cm³/mol. The third kappa shape index (κ3) is 4.25. The summed E-state index contributed by atoms with van der Waals surface area (Å²) in [5, 5.41) is 10.5. The Bertz CT molecular complexity index is 943. The van der Waals surface area contributed by atoms with Crippen LogP contribution in [-0.2, 0) is 6.54 Å². The Morgan fingerprint density at radius 1 is 1.36 bits per heavy atom. The Hall–Kier alpha value is -2.25. The van der Waals surface area contributed by atoms with Gasteiger partial charge in [-0.1, -0.05) is 13.0 Å². The molecule has 0 aromatic carbocycles. The van der Waals surface area contributed by atoms with Gasteiger partial charge in [0.25, 0.3) is 5.91 Å². The zero-order valence-electron chi connectivity index (χ0n) is 16.5. The van der Waals surface area contributed by atoms with Gasteiger partial charge in [0.1, 0.15) is 0 Å². The number of fused-ring (bicyclic) bond motifs is 1. The van der Waals surface area contributed by atoms with E-state index >= 15 is 0 Å². The van der Waals surface area contributed by atoms with Gasteiger partial charge in [-0.3, -0.25) is 4.79 Å². The SMILES string of the molecule is Cc1cc(C(=O)NCC(C)CN2CCCC2)c2cnn(Cc3cccs3)c2n1. The van der Waals surface area contributed by atoms with Gasteiger partial charge in [-0.05, 0) is 56.3 Å². The Labute approximate surface area is 169 Å². The highest BCUT2D eigenvalue weighted by molar-refractivity contribution is 7.09. The Kier molecular flexibility index (Phi) is 5.73. The summed E-state index contributed by atoms with van der Waals surface area (Å²) in [5.74, 6) is 0.390. The molecule has 148 valence electrons. The van der Waals surface area contributed by atoms with Crippen LogP contribution in [0.2, 0.25) is 0 Å². The van der Waals surface area contributed by atoms with Crippen LogP contribution in [0.5, 0.6) is 0 Å². The number of thiophene rings is 1. The summed E-state index contributed by atoms with van der Waals surface area (Å²) < 4.78 is 1.88. The van der Waals surface area contributed by atoms with Crippen molar-refractivity contribution < 1.29 is 4.79 Å². The van der Waals surface area contributed by atoms with E-state index in [0.29, 0.717) is 24.6 Å². The van der Waals surface area contributed by atoms with Crippen LogP contribution < -0.4 is 5.32 Å². The van der Waals surface area contributed by atoms with Crippen molar-refractivity contribution in [1.82, 2.24) is 25.0 Å². The number of nitrogens with zero attached hydrogens (tertiary/aromatic N) is 4. The Morgan fingerprint density at radius 3 is 2.93 bits per heavy atom. The van der Waals surface area contributed by atoms with Crippen LogP contribution in [0.1, 0.15) is 40.7 Å². The first kappa shape index (κ1) is 19.1. The van der Waals surface area contributed by atoms with Crippen LogP contribution in [0.4, 0.5) is 0 Å². The quantitative estimate of drug-likeness (QED) is 0.664. The number of aryl methyl sites for hydroxylation is 1. The fourth-order valence-corrected chi connectivity index (χ4v) is 4.55. The number of amides is 1. The normalized spacial score (nSPS) is 15.9. The Morgan fingerprint density at radius 2 is 2.18 bits per heavy atom. The first-order valence-corrected chi connectivity index (χ1v) is 10.8. The van der Waals surface area contributed by atoms with E-state index in [1.54, 1.807) is 17.5 Å². The van der Waals surface area contributed by atoms with Gasteiger partial charge in [0.2, 0.25) is 0 Å². The van der Waals surface area contributed by atoms with Crippen molar-refractivity contribution in [3.05, 3.63) is 45.9 Å². The average Bonchev–Trinajstić information content (AvgIpc) is 3.43. The molecule has 1 atom stereocenters. The molecule has 28 heavy (non-hydrogen) atoms. The summed E-state index contributed by atoms with van der Waals surface area (Å²) in [4.78, 5) is 21.2. The molecule has 0 saturated carbocycles. The lowest BCUT2D eigenvalue weighted by Crippen LogP contribution is -2.34. The topological polar surface area (TPSA) is 63.1 Å². The van der Waals surface area contributed by atoms with E-state index in [-0.39, 0.29) is 5.91 Å². The second kappa shape index (κ2) is 8.41. The van der Waals surface area contributed by atoms with Crippen LogP contribution in [0.3, 0.4) is 0 Å². The zero-order valence-corrected chi connectivity index (χ0v) is 17.3. The number of aromatic nitrogens is 3. The van der Waals surface area contributed by atoms with E-state index in [2.05, 4.69) is 38.7 Å². The van der Waals surface area contributed by atoms with Crippen molar-refractivity contribution in [2.75, 3.05) is 26.2 Å². The molecule has 3 aromatic rings. The number of rotatable bonds is 7. The molecule has 0 spiro atoms. The van der Waals surface area contributed by atoms with Crippen LogP contribution in [0.25, 0.3) is 11.0 Å². The highest BCUT2D eigenvalue weighted by Crippen LogP contribution is 2.20. The van der Waals surface area contributed by atoms with Crippen molar-refractivity contribution in [2.24, 2.45) is 5.92 Å². The van der Waals surface area contributed by atoms with E-state index in [9.17, 15) is 4.79 Å². The summed E-state index contributed by atoms with van der Waals surface area (Å²) in [7, 11) is 0. The summed E-state index contributed by atoms with van der Waals surface area (Å²) in [6.45, 7) is 8.90. The van der Waals surface area contributed by atoms with E-state index in [4.69, 9.17) is 0 Å². The van der Waals surface area contributed by atoms with Gasteiger partial charge in [0, 0.05) is 23.7 Å². The molecule has 6 nitrogen and oxygen atoms in total. The number of hydrogen-bond acceptors (Lipinski definition) is 5. The largest absolute Gasteiger partial charge is 0.352 e. The molecule has 1 amide bonds. The fraction of sp³-hybridized carbons (Fsp3) is 0.476. The maximum absolute atomic E-state index is 12.9. The van der Waals surface area contributed by atoms with Crippen LogP contribution >= 0.6 is 11.3 Å². The number of carbonyl (C=O) groups excluding carboxylic acids is 1. The lowest BCUT2D eigenvalue weighted by atomic mass is 10.1. The Balaban J connectivity index is 1.47. The van der Waals surface area contributed by atoms with Crippen molar-refractivity contribution in [2.45, 2.75) is 33.2 Å². The van der Waals surface area contributed by atoms with Crippen molar-refractivity contribution >= 4 is 28.3 Å². The first-order valence-electron chi connectivity index (χ1n) is 9.96. The molecule has 0 aliphatic carbocycles. The summed E-state index contributed by atoms with van der Waals surface area (Å²) in [6, 6.07) is 5.98. The number of carbonyl (C=O) groups is 1. The molecule has 1 aliphatic rings. The number of nitrogens with one attached hydrogen (secondary N) is 1. The molecule has 4 heterocycles. The van der Waals surface area contributed by atoms with Crippen LogP contribution in [0, 0.1) is 12.8 Å². The first-order chi connectivity index (χ1) is 13.6. The van der Waals surface area contributed by atoms with Gasteiger partial charge in [-0.15, -0.1) is 11.3 Å². The fourth-order valence-electron chi connectivity index (χ4n) is 3.86. The van der Waals surface area contributed by atoms with E-state index in [1.165, 1.54) is 30.8 Å². The molecule has 1 unspecified atom stereocenters. The molecule has 0 bridgehead atoms. The summed E-state index contributed by atoms with van der Waals surface area (Å²) in [5.41, 5.74) is 2.26. The smallest absolute Gasteiger partial charge is 0.252 e. The number of pyridine rings is 1. The van der Waals surface area contributed by atoms with Crippen molar-refractivity contribution in [3.63, 3.8) is 0 Å². The molecule has 1 N–H and O–H groups in total. The highest BCUT2D eigenvalue weighted by atomic mass is 32.1. The number of hydrogen-bond donors (Lipinski definition) is 1. The van der Waals surface area contributed by atoms with Gasteiger partial charge >= 0.3 is 0 Å². The molecule has 1 saturated heterocycles. The molecule has 7 heteroatoms. The van der Waals surface area contributed by atoms with E-state index in [0.717, 1.165) is 23.3 Å². The molecule has 1 aliphatic heterocycles.